The predicted octanol–water partition coefficient (Wildman–Crippen LogP) is 5.43. The number of halogens is 1. The normalized spacial score (nSPS) is 10.8. The molecule has 31 heavy (non-hydrogen) atoms. The number of rotatable bonds is 6. The fourth-order valence-electron chi connectivity index (χ4n) is 3.52. The van der Waals surface area contributed by atoms with Gasteiger partial charge in [-0.05, 0) is 30.7 Å². The van der Waals surface area contributed by atoms with E-state index < -0.39 is 0 Å². The van der Waals surface area contributed by atoms with Crippen LogP contribution in [0.25, 0.3) is 11.3 Å². The molecule has 0 fully saturated rings. The van der Waals surface area contributed by atoms with Gasteiger partial charge in [-0.2, -0.15) is 0 Å². The minimum atomic E-state index is -0.162. The number of carbonyl (C=O) groups excluding carboxylic acids is 1. The molecule has 0 bridgehead atoms. The van der Waals surface area contributed by atoms with E-state index in [2.05, 4.69) is 57.4 Å². The van der Waals surface area contributed by atoms with E-state index in [4.69, 9.17) is 5.73 Å². The predicted molar refractivity (Wildman–Crippen MR) is 129 cm³/mol. The molecule has 3 aromatic carbocycles. The number of anilines is 2. The van der Waals surface area contributed by atoms with Gasteiger partial charge in [-0.15, -0.1) is 0 Å². The van der Waals surface area contributed by atoms with Gasteiger partial charge in [0.15, 0.2) is 0 Å². The summed E-state index contributed by atoms with van der Waals surface area (Å²) < 4.78 is 2.70. The Kier molecular flexibility index (Phi) is 6.18. The summed E-state index contributed by atoms with van der Waals surface area (Å²) in [6, 6.07) is 25.6. The van der Waals surface area contributed by atoms with Gasteiger partial charge in [0.25, 0.3) is 0 Å². The lowest BCUT2D eigenvalue weighted by molar-refractivity contribution is -0.116. The Morgan fingerprint density at radius 3 is 2.39 bits per heavy atom. The molecule has 1 heterocycles. The standard InChI is InChI=1S/C25H23BrN4O/c1-17-11-13-18(14-12-17)15-22-24(20-9-5-6-10-21(20)26)30(25(27)29-22)16-23(31)28-19-7-3-2-4-8-19/h2-14H,15-16H2,1H3,(H2,27,29)(H,28,31). The number of imidazole rings is 1. The summed E-state index contributed by atoms with van der Waals surface area (Å²) >= 11 is 3.64. The average Bonchev–Trinajstić information content (AvgIpc) is 3.05. The number of para-hydroxylation sites is 1. The Morgan fingerprint density at radius 1 is 1.00 bits per heavy atom. The number of nitrogens with one attached hydrogen (secondary N) is 1. The summed E-state index contributed by atoms with van der Waals surface area (Å²) in [4.78, 5) is 17.4. The highest BCUT2D eigenvalue weighted by atomic mass is 79.9. The first-order valence-corrected chi connectivity index (χ1v) is 10.8. The van der Waals surface area contributed by atoms with Crippen LogP contribution in [0.15, 0.2) is 83.3 Å². The van der Waals surface area contributed by atoms with Crippen LogP contribution in [0.2, 0.25) is 0 Å². The number of amides is 1. The Labute approximate surface area is 190 Å². The number of nitrogens with zero attached hydrogens (tertiary/aromatic N) is 2. The molecule has 0 unspecified atom stereocenters. The van der Waals surface area contributed by atoms with E-state index in [1.54, 1.807) is 4.57 Å². The van der Waals surface area contributed by atoms with Crippen molar-refractivity contribution in [2.75, 3.05) is 11.1 Å². The quantitative estimate of drug-likeness (QED) is 0.391. The topological polar surface area (TPSA) is 72.9 Å². The van der Waals surface area contributed by atoms with E-state index in [-0.39, 0.29) is 12.5 Å². The molecular weight excluding hydrogens is 452 g/mol. The Hall–Kier alpha value is -3.38. The van der Waals surface area contributed by atoms with Crippen molar-refractivity contribution in [3.63, 3.8) is 0 Å². The highest BCUT2D eigenvalue weighted by Crippen LogP contribution is 2.33. The third kappa shape index (κ3) is 4.86. The second-order valence-corrected chi connectivity index (χ2v) is 8.26. The Bertz CT molecular complexity index is 1200. The maximum Gasteiger partial charge on any atom is 0.244 e. The van der Waals surface area contributed by atoms with Crippen LogP contribution < -0.4 is 11.1 Å². The maximum absolute atomic E-state index is 12.8. The van der Waals surface area contributed by atoms with Gasteiger partial charge in [0, 0.05) is 22.1 Å². The molecule has 0 atom stereocenters. The number of nitrogens with two attached hydrogens (primary N) is 1. The number of carbonyl (C=O) groups is 1. The molecule has 4 rings (SSSR count). The molecule has 0 spiro atoms. The summed E-state index contributed by atoms with van der Waals surface area (Å²) in [5.41, 5.74) is 12.0. The first-order valence-electron chi connectivity index (χ1n) is 10.0. The SMILES string of the molecule is Cc1ccc(Cc2nc(N)n(CC(=O)Nc3ccccc3)c2-c2ccccc2Br)cc1. The lowest BCUT2D eigenvalue weighted by atomic mass is 10.0. The highest BCUT2D eigenvalue weighted by molar-refractivity contribution is 9.10. The second kappa shape index (κ2) is 9.18. The van der Waals surface area contributed by atoms with Crippen LogP contribution in [-0.2, 0) is 17.8 Å². The fourth-order valence-corrected chi connectivity index (χ4v) is 4.00. The third-order valence-electron chi connectivity index (χ3n) is 5.05. The first-order chi connectivity index (χ1) is 15.0. The van der Waals surface area contributed by atoms with E-state index in [9.17, 15) is 4.79 Å². The van der Waals surface area contributed by atoms with Crippen molar-refractivity contribution in [3.8, 4) is 11.3 Å². The zero-order valence-corrected chi connectivity index (χ0v) is 18.8. The van der Waals surface area contributed by atoms with Crippen LogP contribution in [-0.4, -0.2) is 15.5 Å². The smallest absolute Gasteiger partial charge is 0.244 e. The summed E-state index contributed by atoms with van der Waals surface area (Å²) in [6.07, 6.45) is 0.619. The minimum Gasteiger partial charge on any atom is -0.369 e. The molecule has 0 aliphatic heterocycles. The Balaban J connectivity index is 1.72. The van der Waals surface area contributed by atoms with E-state index in [0.29, 0.717) is 12.4 Å². The van der Waals surface area contributed by atoms with E-state index in [0.717, 1.165) is 32.7 Å². The van der Waals surface area contributed by atoms with Gasteiger partial charge in [0.1, 0.15) is 6.54 Å². The number of aryl methyl sites for hydroxylation is 1. The average molecular weight is 475 g/mol. The van der Waals surface area contributed by atoms with Crippen molar-refractivity contribution >= 4 is 33.5 Å². The van der Waals surface area contributed by atoms with Gasteiger partial charge in [0.05, 0.1) is 11.4 Å². The lowest BCUT2D eigenvalue weighted by Crippen LogP contribution is -2.20. The molecule has 3 N–H and O–H groups in total. The lowest BCUT2D eigenvalue weighted by Gasteiger charge is -2.13. The van der Waals surface area contributed by atoms with Gasteiger partial charge < -0.3 is 15.6 Å². The van der Waals surface area contributed by atoms with Crippen LogP contribution >= 0.6 is 15.9 Å². The van der Waals surface area contributed by atoms with Crippen LogP contribution in [0.1, 0.15) is 16.8 Å². The van der Waals surface area contributed by atoms with Crippen molar-refractivity contribution in [2.24, 2.45) is 0 Å². The summed E-state index contributed by atoms with van der Waals surface area (Å²) in [7, 11) is 0. The molecule has 6 heteroatoms. The Morgan fingerprint density at radius 2 is 1.68 bits per heavy atom. The zero-order chi connectivity index (χ0) is 21.8. The number of hydrogen-bond donors (Lipinski definition) is 2. The van der Waals surface area contributed by atoms with Gasteiger partial charge in [-0.25, -0.2) is 4.98 Å². The summed E-state index contributed by atoms with van der Waals surface area (Å²) in [6.45, 7) is 2.13. The van der Waals surface area contributed by atoms with Gasteiger partial charge in [-0.3, -0.25) is 4.79 Å². The number of aromatic nitrogens is 2. The molecule has 0 aliphatic carbocycles. The molecule has 0 radical (unpaired) electrons. The maximum atomic E-state index is 12.8. The van der Waals surface area contributed by atoms with Crippen molar-refractivity contribution in [2.45, 2.75) is 19.9 Å². The second-order valence-electron chi connectivity index (χ2n) is 7.41. The first kappa shape index (κ1) is 20.9. The minimum absolute atomic E-state index is 0.0678. The van der Waals surface area contributed by atoms with E-state index in [1.165, 1.54) is 5.56 Å². The summed E-state index contributed by atoms with van der Waals surface area (Å²) in [5, 5.41) is 2.92. The molecule has 5 nitrogen and oxygen atoms in total. The van der Waals surface area contributed by atoms with E-state index in [1.807, 2.05) is 54.6 Å². The van der Waals surface area contributed by atoms with Crippen molar-refractivity contribution in [1.29, 1.82) is 0 Å². The molecule has 0 saturated carbocycles. The van der Waals surface area contributed by atoms with Crippen LogP contribution in [0, 0.1) is 6.92 Å². The molecule has 0 saturated heterocycles. The number of benzene rings is 3. The van der Waals surface area contributed by atoms with Crippen LogP contribution in [0.4, 0.5) is 11.6 Å². The molecule has 4 aromatic rings. The molecule has 1 amide bonds. The molecular formula is C25H23BrN4O. The highest BCUT2D eigenvalue weighted by Gasteiger charge is 2.21. The zero-order valence-electron chi connectivity index (χ0n) is 17.2. The van der Waals surface area contributed by atoms with E-state index >= 15 is 0 Å². The largest absolute Gasteiger partial charge is 0.369 e. The van der Waals surface area contributed by atoms with Gasteiger partial charge in [0.2, 0.25) is 11.9 Å². The van der Waals surface area contributed by atoms with Crippen molar-refractivity contribution in [1.82, 2.24) is 9.55 Å². The molecule has 0 aliphatic rings. The number of nitrogen functional groups attached to an aromatic ring is 1. The van der Waals surface area contributed by atoms with Crippen LogP contribution in [0.3, 0.4) is 0 Å². The monoisotopic (exact) mass is 474 g/mol. The number of hydrogen-bond acceptors (Lipinski definition) is 3. The third-order valence-corrected chi connectivity index (χ3v) is 5.74. The fraction of sp³-hybridized carbons (Fsp3) is 0.120. The van der Waals surface area contributed by atoms with Gasteiger partial charge in [-0.1, -0.05) is 82.2 Å². The van der Waals surface area contributed by atoms with Gasteiger partial charge >= 0.3 is 0 Å². The van der Waals surface area contributed by atoms with Crippen molar-refractivity contribution in [3.05, 3.63) is 100 Å². The molecule has 1 aromatic heterocycles. The van der Waals surface area contributed by atoms with Crippen LogP contribution in [0.5, 0.6) is 0 Å². The van der Waals surface area contributed by atoms with Crippen molar-refractivity contribution < 1.29 is 4.79 Å². The summed E-state index contributed by atoms with van der Waals surface area (Å²) in [5.74, 6) is 0.154. The molecule has 156 valence electrons.